The van der Waals surface area contributed by atoms with E-state index in [9.17, 15) is 4.79 Å². The molecule has 2 aliphatic heterocycles. The number of para-hydroxylation sites is 1. The lowest BCUT2D eigenvalue weighted by atomic mass is 9.79. The van der Waals surface area contributed by atoms with Crippen molar-refractivity contribution in [1.29, 1.82) is 0 Å². The molecule has 0 unspecified atom stereocenters. The highest BCUT2D eigenvalue weighted by Crippen LogP contribution is 2.44. The average molecular weight is 402 g/mol. The first-order chi connectivity index (χ1) is 14.2. The summed E-state index contributed by atoms with van der Waals surface area (Å²) in [5.74, 6) is 0.408. The van der Waals surface area contributed by atoms with E-state index in [0.717, 1.165) is 29.9 Å². The summed E-state index contributed by atoms with van der Waals surface area (Å²) in [6.07, 6.45) is 3.14. The number of hydrogen-bond acceptors (Lipinski definition) is 3. The van der Waals surface area contributed by atoms with Crippen LogP contribution < -0.4 is 9.91 Å². The number of aryl methyl sites for hydroxylation is 1. The quantitative estimate of drug-likeness (QED) is 0.599. The van der Waals surface area contributed by atoms with E-state index in [1.807, 2.05) is 43.3 Å². The highest BCUT2D eigenvalue weighted by atomic mass is 16.2. The van der Waals surface area contributed by atoms with Crippen molar-refractivity contribution in [2.24, 2.45) is 5.10 Å². The van der Waals surface area contributed by atoms with Crippen molar-refractivity contribution in [3.63, 3.8) is 0 Å². The van der Waals surface area contributed by atoms with Gasteiger partial charge in [0.1, 0.15) is 0 Å². The number of fused-ring (bicyclic) bond motifs is 1. The minimum Gasteiger partial charge on any atom is -0.366 e. The van der Waals surface area contributed by atoms with Crippen molar-refractivity contribution in [2.45, 2.75) is 59.4 Å². The molecule has 2 aromatic carbocycles. The largest absolute Gasteiger partial charge is 0.366 e. The van der Waals surface area contributed by atoms with Gasteiger partial charge in [-0.15, -0.1) is 0 Å². The third-order valence-electron chi connectivity index (χ3n) is 6.45. The van der Waals surface area contributed by atoms with E-state index in [0.29, 0.717) is 11.5 Å². The normalized spacial score (nSPS) is 21.8. The van der Waals surface area contributed by atoms with Gasteiger partial charge in [0.15, 0.2) is 0 Å². The number of hydrogen-bond donors (Lipinski definition) is 0. The minimum atomic E-state index is -0.0693. The molecule has 4 heteroatoms. The molecule has 0 saturated carbocycles. The predicted octanol–water partition coefficient (Wildman–Crippen LogP) is 5.91. The van der Waals surface area contributed by atoms with Gasteiger partial charge in [0.05, 0.1) is 17.0 Å². The molecule has 4 nitrogen and oxygen atoms in total. The Morgan fingerprint density at radius 3 is 2.53 bits per heavy atom. The molecule has 2 aliphatic rings. The third kappa shape index (κ3) is 3.34. The second-order valence-electron chi connectivity index (χ2n) is 9.13. The van der Waals surface area contributed by atoms with Gasteiger partial charge in [-0.1, -0.05) is 25.1 Å². The molecule has 1 atom stereocenters. The van der Waals surface area contributed by atoms with Crippen LogP contribution in [0.25, 0.3) is 6.08 Å². The Balaban J connectivity index is 1.74. The molecule has 0 aromatic heterocycles. The number of carbonyl (C=O) groups excluding carboxylic acids is 1. The van der Waals surface area contributed by atoms with Gasteiger partial charge in [-0.2, -0.15) is 10.1 Å². The molecule has 1 amide bonds. The molecule has 156 valence electrons. The topological polar surface area (TPSA) is 35.9 Å². The van der Waals surface area contributed by atoms with Crippen LogP contribution in [-0.4, -0.2) is 23.7 Å². The van der Waals surface area contributed by atoms with Crippen LogP contribution in [0.15, 0.2) is 53.1 Å². The highest BCUT2D eigenvalue weighted by Gasteiger charge is 2.36. The lowest BCUT2D eigenvalue weighted by Crippen LogP contribution is -2.48. The third-order valence-corrected chi connectivity index (χ3v) is 6.45. The molecular formula is C26H31N3O. The number of nitrogens with zero attached hydrogens (tertiary/aromatic N) is 3. The van der Waals surface area contributed by atoms with E-state index in [4.69, 9.17) is 0 Å². The fourth-order valence-corrected chi connectivity index (χ4v) is 4.99. The molecule has 0 fully saturated rings. The Bertz CT molecular complexity index is 1050. The molecule has 0 saturated heterocycles. The Labute approximate surface area is 179 Å². The van der Waals surface area contributed by atoms with Crippen LogP contribution in [0.4, 0.5) is 11.4 Å². The molecule has 4 rings (SSSR count). The van der Waals surface area contributed by atoms with Crippen LogP contribution in [0, 0.1) is 6.92 Å². The maximum Gasteiger partial charge on any atom is 0.280 e. The van der Waals surface area contributed by atoms with E-state index < -0.39 is 0 Å². The van der Waals surface area contributed by atoms with Crippen LogP contribution in [0.2, 0.25) is 0 Å². The van der Waals surface area contributed by atoms with Crippen LogP contribution >= 0.6 is 0 Å². The van der Waals surface area contributed by atoms with Gasteiger partial charge in [0, 0.05) is 17.8 Å². The molecule has 0 bridgehead atoms. The second-order valence-corrected chi connectivity index (χ2v) is 9.13. The zero-order chi connectivity index (χ0) is 21.6. The smallest absolute Gasteiger partial charge is 0.280 e. The number of benzene rings is 2. The number of hydrazone groups is 1. The second kappa shape index (κ2) is 7.42. The minimum absolute atomic E-state index is 0.0693. The predicted molar refractivity (Wildman–Crippen MR) is 126 cm³/mol. The number of rotatable bonds is 3. The Morgan fingerprint density at radius 1 is 1.17 bits per heavy atom. The number of amides is 1. The van der Waals surface area contributed by atoms with E-state index in [1.165, 1.54) is 21.8 Å². The maximum atomic E-state index is 13.1. The van der Waals surface area contributed by atoms with Gasteiger partial charge in [-0.05, 0) is 94.0 Å². The molecule has 30 heavy (non-hydrogen) atoms. The van der Waals surface area contributed by atoms with Crippen molar-refractivity contribution in [2.75, 3.05) is 16.5 Å². The van der Waals surface area contributed by atoms with Crippen LogP contribution in [0.3, 0.4) is 0 Å². The van der Waals surface area contributed by atoms with Crippen LogP contribution in [0.1, 0.15) is 63.6 Å². The van der Waals surface area contributed by atoms with Gasteiger partial charge in [0.25, 0.3) is 5.91 Å². The lowest BCUT2D eigenvalue weighted by Gasteiger charge is -2.47. The summed E-state index contributed by atoms with van der Waals surface area (Å²) in [7, 11) is 0. The van der Waals surface area contributed by atoms with Crippen LogP contribution in [0.5, 0.6) is 0 Å². The monoisotopic (exact) mass is 401 g/mol. The fraction of sp³-hybridized carbons (Fsp3) is 0.385. The van der Waals surface area contributed by atoms with Gasteiger partial charge in [-0.3, -0.25) is 4.79 Å². The SMILES string of the molecule is CCN1c2cc(C)c(/C=C3/C(=O)N(c4ccccc4)N=C3C)cc2[C@@H](C)CC1(C)C. The standard InChI is InChI=1S/C26H31N3O/c1-7-28-24-13-17(2)20(14-22(24)18(3)16-26(28,5)6)15-23-19(4)27-29(25(23)30)21-11-9-8-10-12-21/h8-15,18H,7,16H2,1-6H3/b23-15+/t18-/m0/s1. The number of anilines is 2. The molecular weight excluding hydrogens is 370 g/mol. The van der Waals surface area contributed by atoms with Crippen molar-refractivity contribution in [3.05, 3.63) is 64.7 Å². The van der Waals surface area contributed by atoms with Crippen molar-refractivity contribution >= 4 is 29.1 Å². The van der Waals surface area contributed by atoms with E-state index in [-0.39, 0.29) is 11.4 Å². The summed E-state index contributed by atoms with van der Waals surface area (Å²) in [4.78, 5) is 15.6. The van der Waals surface area contributed by atoms with Crippen LogP contribution in [-0.2, 0) is 4.79 Å². The zero-order valence-corrected chi connectivity index (χ0v) is 18.9. The molecule has 0 spiro atoms. The first-order valence-corrected chi connectivity index (χ1v) is 10.8. The first-order valence-electron chi connectivity index (χ1n) is 10.8. The van der Waals surface area contributed by atoms with Gasteiger partial charge in [-0.25, -0.2) is 0 Å². The maximum absolute atomic E-state index is 13.1. The summed E-state index contributed by atoms with van der Waals surface area (Å²) >= 11 is 0. The summed E-state index contributed by atoms with van der Waals surface area (Å²) < 4.78 is 0. The summed E-state index contributed by atoms with van der Waals surface area (Å²) in [5.41, 5.74) is 7.34. The summed E-state index contributed by atoms with van der Waals surface area (Å²) in [6, 6.07) is 14.2. The van der Waals surface area contributed by atoms with E-state index in [2.05, 4.69) is 56.8 Å². The molecule has 2 heterocycles. The number of carbonyl (C=O) groups is 1. The Kier molecular flexibility index (Phi) is 5.05. The molecule has 0 N–H and O–H groups in total. The van der Waals surface area contributed by atoms with Crippen molar-refractivity contribution in [3.8, 4) is 0 Å². The zero-order valence-electron chi connectivity index (χ0n) is 18.9. The molecule has 0 aliphatic carbocycles. The first kappa shape index (κ1) is 20.4. The summed E-state index contributed by atoms with van der Waals surface area (Å²) in [5, 5.41) is 6.02. The van der Waals surface area contributed by atoms with Crippen molar-refractivity contribution in [1.82, 2.24) is 0 Å². The lowest BCUT2D eigenvalue weighted by molar-refractivity contribution is -0.114. The average Bonchev–Trinajstić information content (AvgIpc) is 2.97. The van der Waals surface area contributed by atoms with Gasteiger partial charge >= 0.3 is 0 Å². The van der Waals surface area contributed by atoms with Gasteiger partial charge < -0.3 is 4.90 Å². The summed E-state index contributed by atoms with van der Waals surface area (Å²) in [6.45, 7) is 14.2. The highest BCUT2D eigenvalue weighted by molar-refractivity contribution is 6.32. The fourth-order valence-electron chi connectivity index (χ4n) is 4.99. The Hall–Kier alpha value is -2.88. The Morgan fingerprint density at radius 2 is 1.87 bits per heavy atom. The van der Waals surface area contributed by atoms with E-state index >= 15 is 0 Å². The van der Waals surface area contributed by atoms with E-state index in [1.54, 1.807) is 0 Å². The van der Waals surface area contributed by atoms with Gasteiger partial charge in [0.2, 0.25) is 0 Å². The molecule has 0 radical (unpaired) electrons. The molecule has 2 aromatic rings. The van der Waals surface area contributed by atoms with Crippen molar-refractivity contribution < 1.29 is 4.79 Å².